The molecule has 224 valence electrons. The number of nitrogens with one attached hydrogen (secondary N) is 1. The number of nitrogens with zero attached hydrogens (tertiary/aromatic N) is 3. The molecule has 3 aromatic carbocycles. The Kier molecular flexibility index (Phi) is 9.94. The summed E-state index contributed by atoms with van der Waals surface area (Å²) < 4.78 is 19.6. The maximum Gasteiger partial charge on any atom is 0.338 e. The van der Waals surface area contributed by atoms with Gasteiger partial charge in [-0.3, -0.25) is 0 Å². The van der Waals surface area contributed by atoms with Crippen molar-refractivity contribution in [2.24, 2.45) is 0 Å². The number of hydrogen-bond acceptors (Lipinski definition) is 8. The van der Waals surface area contributed by atoms with E-state index in [2.05, 4.69) is 24.4 Å². The number of esters is 1. The van der Waals surface area contributed by atoms with E-state index in [-0.39, 0.29) is 0 Å². The first-order valence-corrected chi connectivity index (χ1v) is 15.7. The third-order valence-corrected chi connectivity index (χ3v) is 8.29. The number of benzene rings is 3. The van der Waals surface area contributed by atoms with Gasteiger partial charge in [0.05, 0.1) is 18.8 Å². The van der Waals surface area contributed by atoms with Crippen LogP contribution in [0.1, 0.15) is 55.5 Å². The maximum atomic E-state index is 13.4. The van der Waals surface area contributed by atoms with Gasteiger partial charge in [0, 0.05) is 16.5 Å². The third kappa shape index (κ3) is 7.00. The van der Waals surface area contributed by atoms with Crippen LogP contribution in [0, 0.1) is 6.92 Å². The molecule has 0 bridgehead atoms. The first kappa shape index (κ1) is 30.5. The molecule has 0 saturated heterocycles. The maximum absolute atomic E-state index is 13.4. The molecular formula is C33H35ClN4O4S. The first-order valence-electron chi connectivity index (χ1n) is 14.3. The zero-order valence-corrected chi connectivity index (χ0v) is 26.3. The Bertz CT molecular complexity index is 1640. The third-order valence-electron chi connectivity index (χ3n) is 7.03. The molecule has 1 aliphatic heterocycles. The number of carbonyl (C=O) groups excluding carboxylic acids is 1. The van der Waals surface area contributed by atoms with Gasteiger partial charge in [0.1, 0.15) is 12.6 Å². The van der Waals surface area contributed by atoms with Crippen LogP contribution in [-0.4, -0.2) is 33.9 Å². The van der Waals surface area contributed by atoms with Crippen molar-refractivity contribution in [1.82, 2.24) is 14.8 Å². The SMILES string of the molecule is CCCOC(=O)C1=C(C)Nc2nc(SCc3ccccc3Cl)nn2C1c1ccc(OCc2ccccc2C)c(OCC)c1. The molecule has 8 nitrogen and oxygen atoms in total. The van der Waals surface area contributed by atoms with Crippen LogP contribution in [0.3, 0.4) is 0 Å². The van der Waals surface area contributed by atoms with Crippen LogP contribution < -0.4 is 14.8 Å². The molecule has 1 N–H and O–H groups in total. The van der Waals surface area contributed by atoms with E-state index in [1.807, 2.05) is 75.4 Å². The summed E-state index contributed by atoms with van der Waals surface area (Å²) in [7, 11) is 0. The van der Waals surface area contributed by atoms with Crippen LogP contribution in [0.5, 0.6) is 11.5 Å². The Morgan fingerprint density at radius 3 is 2.51 bits per heavy atom. The molecule has 0 radical (unpaired) electrons. The van der Waals surface area contributed by atoms with Crippen molar-refractivity contribution >= 4 is 35.3 Å². The number of ether oxygens (including phenoxy) is 3. The molecule has 0 spiro atoms. The average Bonchev–Trinajstić information content (AvgIpc) is 3.41. The van der Waals surface area contributed by atoms with Gasteiger partial charge in [-0.15, -0.1) is 5.10 Å². The zero-order valence-electron chi connectivity index (χ0n) is 24.7. The normalized spacial score (nSPS) is 14.2. The number of fused-ring (bicyclic) bond motifs is 1. The Morgan fingerprint density at radius 1 is 1.00 bits per heavy atom. The van der Waals surface area contributed by atoms with Gasteiger partial charge in [0.15, 0.2) is 11.5 Å². The van der Waals surface area contributed by atoms with Crippen molar-refractivity contribution in [2.75, 3.05) is 18.5 Å². The monoisotopic (exact) mass is 618 g/mol. The summed E-state index contributed by atoms with van der Waals surface area (Å²) >= 11 is 7.85. The number of thioether (sulfide) groups is 1. The number of anilines is 1. The smallest absolute Gasteiger partial charge is 0.338 e. The number of halogens is 1. The van der Waals surface area contributed by atoms with Crippen molar-refractivity contribution in [1.29, 1.82) is 0 Å². The quantitative estimate of drug-likeness (QED) is 0.127. The van der Waals surface area contributed by atoms with E-state index in [0.717, 1.165) is 28.7 Å². The minimum atomic E-state index is -0.590. The van der Waals surface area contributed by atoms with E-state index in [1.165, 1.54) is 11.8 Å². The van der Waals surface area contributed by atoms with Crippen LogP contribution in [0.4, 0.5) is 5.95 Å². The van der Waals surface area contributed by atoms with Crippen molar-refractivity contribution in [2.45, 2.75) is 57.7 Å². The van der Waals surface area contributed by atoms with Crippen LogP contribution in [0.2, 0.25) is 5.02 Å². The summed E-state index contributed by atoms with van der Waals surface area (Å²) in [5.74, 6) is 1.94. The van der Waals surface area contributed by atoms with Crippen LogP contribution in [0.15, 0.2) is 83.2 Å². The lowest BCUT2D eigenvalue weighted by atomic mass is 9.95. The Labute approximate surface area is 261 Å². The number of aryl methyl sites for hydroxylation is 1. The number of rotatable bonds is 12. The van der Waals surface area contributed by atoms with Gasteiger partial charge in [0.25, 0.3) is 0 Å². The minimum absolute atomic E-state index is 0.321. The van der Waals surface area contributed by atoms with Gasteiger partial charge in [-0.2, -0.15) is 4.98 Å². The molecule has 0 saturated carbocycles. The summed E-state index contributed by atoms with van der Waals surface area (Å²) in [6.07, 6.45) is 0.717. The highest BCUT2D eigenvalue weighted by Gasteiger charge is 2.36. The number of aromatic nitrogens is 3. The standard InChI is InChI=1S/C33H35ClN4O4S/c1-5-17-41-31(39)29-22(4)35-32-36-33(43-20-25-13-9-10-14-26(25)34)37-38(32)30(29)23-15-16-27(28(18-23)40-6-2)42-19-24-12-8-7-11-21(24)3/h7-16,18,30H,5-6,17,19-20H2,1-4H3,(H,35,36,37). The minimum Gasteiger partial charge on any atom is -0.490 e. The molecule has 5 rings (SSSR count). The molecule has 0 aliphatic carbocycles. The Balaban J connectivity index is 1.49. The van der Waals surface area contributed by atoms with E-state index < -0.39 is 12.0 Å². The van der Waals surface area contributed by atoms with Crippen molar-refractivity contribution < 1.29 is 19.0 Å². The summed E-state index contributed by atoms with van der Waals surface area (Å²) in [5.41, 5.74) is 5.17. The van der Waals surface area contributed by atoms with Crippen molar-refractivity contribution in [3.8, 4) is 11.5 Å². The molecule has 10 heteroatoms. The fourth-order valence-corrected chi connectivity index (χ4v) is 5.92. The highest BCUT2D eigenvalue weighted by molar-refractivity contribution is 7.98. The highest BCUT2D eigenvalue weighted by Crippen LogP contribution is 2.40. The highest BCUT2D eigenvalue weighted by atomic mass is 35.5. The lowest BCUT2D eigenvalue weighted by Crippen LogP contribution is -2.29. The van der Waals surface area contributed by atoms with Gasteiger partial charge >= 0.3 is 5.97 Å². The summed E-state index contributed by atoms with van der Waals surface area (Å²) in [6, 6.07) is 21.0. The molecule has 43 heavy (non-hydrogen) atoms. The topological polar surface area (TPSA) is 87.5 Å². The predicted molar refractivity (Wildman–Crippen MR) is 170 cm³/mol. The average molecular weight is 619 g/mol. The molecule has 0 fully saturated rings. The Morgan fingerprint density at radius 2 is 1.77 bits per heavy atom. The van der Waals surface area contributed by atoms with E-state index in [1.54, 1.807) is 4.68 Å². The largest absolute Gasteiger partial charge is 0.490 e. The van der Waals surface area contributed by atoms with Gasteiger partial charge in [-0.05, 0) is 67.6 Å². The van der Waals surface area contributed by atoms with Crippen LogP contribution >= 0.6 is 23.4 Å². The van der Waals surface area contributed by atoms with Crippen LogP contribution in [0.25, 0.3) is 0 Å². The molecule has 1 unspecified atom stereocenters. The molecule has 1 aromatic heterocycles. The van der Waals surface area contributed by atoms with E-state index in [0.29, 0.717) is 64.5 Å². The van der Waals surface area contributed by atoms with Gasteiger partial charge in [0.2, 0.25) is 11.1 Å². The molecule has 1 atom stereocenters. The zero-order chi connectivity index (χ0) is 30.3. The lowest BCUT2D eigenvalue weighted by Gasteiger charge is -2.28. The van der Waals surface area contributed by atoms with Crippen molar-refractivity contribution in [3.63, 3.8) is 0 Å². The van der Waals surface area contributed by atoms with Crippen LogP contribution in [-0.2, 0) is 21.9 Å². The summed E-state index contributed by atoms with van der Waals surface area (Å²) in [5, 5.41) is 9.36. The molecule has 4 aromatic rings. The molecule has 1 aliphatic rings. The number of allylic oxidation sites excluding steroid dienone is 1. The molecule has 0 amide bonds. The Hall–Kier alpha value is -3.95. The van der Waals surface area contributed by atoms with E-state index in [9.17, 15) is 4.79 Å². The molecule has 2 heterocycles. The lowest BCUT2D eigenvalue weighted by molar-refractivity contribution is -0.139. The second-order valence-corrected chi connectivity index (χ2v) is 11.4. The van der Waals surface area contributed by atoms with Gasteiger partial charge < -0.3 is 19.5 Å². The first-order chi connectivity index (χ1) is 20.9. The van der Waals surface area contributed by atoms with E-state index >= 15 is 0 Å². The van der Waals surface area contributed by atoms with Gasteiger partial charge in [-0.25, -0.2) is 9.48 Å². The summed E-state index contributed by atoms with van der Waals surface area (Å²) in [4.78, 5) is 18.2. The van der Waals surface area contributed by atoms with Crippen molar-refractivity contribution in [3.05, 3.63) is 105 Å². The number of carbonyl (C=O) groups is 1. The van der Waals surface area contributed by atoms with Gasteiger partial charge in [-0.1, -0.05) is 78.8 Å². The number of hydrogen-bond donors (Lipinski definition) is 1. The molecular weight excluding hydrogens is 584 g/mol. The second kappa shape index (κ2) is 14.0. The fourth-order valence-electron chi connectivity index (χ4n) is 4.81. The second-order valence-electron chi connectivity index (χ2n) is 10.1. The fraction of sp³-hybridized carbons (Fsp3) is 0.303. The van der Waals surface area contributed by atoms with E-state index in [4.69, 9.17) is 35.9 Å². The predicted octanol–water partition coefficient (Wildman–Crippen LogP) is 7.75. The summed E-state index contributed by atoms with van der Waals surface area (Å²) in [6.45, 7) is 8.99.